The quantitative estimate of drug-likeness (QED) is 0.814. The molecule has 15 heavy (non-hydrogen) atoms. The first kappa shape index (κ1) is 10.4. The van der Waals surface area contributed by atoms with Gasteiger partial charge in [-0.3, -0.25) is 4.98 Å². The summed E-state index contributed by atoms with van der Waals surface area (Å²) in [4.78, 5) is 6.66. The maximum atomic E-state index is 5.59. The fourth-order valence-electron chi connectivity index (χ4n) is 2.27. The van der Waals surface area contributed by atoms with Gasteiger partial charge in [0.15, 0.2) is 0 Å². The van der Waals surface area contributed by atoms with E-state index in [4.69, 9.17) is 5.73 Å². The summed E-state index contributed by atoms with van der Waals surface area (Å²) in [7, 11) is 0. The second-order valence-electron chi connectivity index (χ2n) is 4.33. The van der Waals surface area contributed by atoms with E-state index in [1.165, 1.54) is 12.1 Å². The monoisotopic (exact) mass is 205 g/mol. The molecule has 0 spiro atoms. The van der Waals surface area contributed by atoms with Crippen molar-refractivity contribution in [3.05, 3.63) is 24.0 Å². The normalized spacial score (nSPS) is 20.9. The summed E-state index contributed by atoms with van der Waals surface area (Å²) in [6, 6.07) is 4.25. The van der Waals surface area contributed by atoms with Crippen LogP contribution in [0.25, 0.3) is 0 Å². The Labute approximate surface area is 91.3 Å². The fourth-order valence-corrected chi connectivity index (χ4v) is 2.27. The van der Waals surface area contributed by atoms with Crippen LogP contribution in [0.3, 0.4) is 0 Å². The molecule has 1 aliphatic heterocycles. The predicted octanol–water partition coefficient (Wildman–Crippen LogP) is 1.57. The van der Waals surface area contributed by atoms with Crippen molar-refractivity contribution in [2.24, 2.45) is 11.7 Å². The summed E-state index contributed by atoms with van der Waals surface area (Å²) in [6.45, 7) is 5.17. The van der Waals surface area contributed by atoms with Crippen LogP contribution < -0.4 is 10.6 Å². The van der Waals surface area contributed by atoms with Crippen LogP contribution in [-0.4, -0.2) is 24.6 Å². The minimum atomic E-state index is 0.781. The Balaban J connectivity index is 2.01. The number of hydrogen-bond acceptors (Lipinski definition) is 3. The average molecular weight is 205 g/mol. The molecule has 0 saturated carbocycles. The number of nitrogens with zero attached hydrogens (tertiary/aromatic N) is 2. The molecular weight excluding hydrogens is 186 g/mol. The van der Waals surface area contributed by atoms with Crippen molar-refractivity contribution in [1.29, 1.82) is 0 Å². The smallest absolute Gasteiger partial charge is 0.0399 e. The van der Waals surface area contributed by atoms with E-state index in [2.05, 4.69) is 22.0 Å². The molecule has 2 rings (SSSR count). The molecule has 0 aromatic carbocycles. The van der Waals surface area contributed by atoms with Crippen LogP contribution in [-0.2, 0) is 0 Å². The number of pyridine rings is 1. The van der Waals surface area contributed by atoms with Crippen molar-refractivity contribution < 1.29 is 0 Å². The molecule has 0 amide bonds. The lowest BCUT2D eigenvalue weighted by Crippen LogP contribution is -2.20. The van der Waals surface area contributed by atoms with E-state index < -0.39 is 0 Å². The van der Waals surface area contributed by atoms with Gasteiger partial charge < -0.3 is 10.6 Å². The zero-order valence-electron chi connectivity index (χ0n) is 9.32. The highest BCUT2D eigenvalue weighted by Gasteiger charge is 2.21. The minimum Gasteiger partial charge on any atom is -0.371 e. The molecule has 1 fully saturated rings. The van der Waals surface area contributed by atoms with Crippen LogP contribution in [0.15, 0.2) is 18.3 Å². The van der Waals surface area contributed by atoms with E-state index >= 15 is 0 Å². The van der Waals surface area contributed by atoms with E-state index in [-0.39, 0.29) is 0 Å². The van der Waals surface area contributed by atoms with Crippen LogP contribution in [0.4, 0.5) is 5.69 Å². The van der Waals surface area contributed by atoms with Crippen molar-refractivity contribution in [2.75, 3.05) is 24.5 Å². The van der Waals surface area contributed by atoms with Gasteiger partial charge in [0.1, 0.15) is 0 Å². The molecule has 3 nitrogen and oxygen atoms in total. The van der Waals surface area contributed by atoms with Gasteiger partial charge in [-0.2, -0.15) is 0 Å². The third-order valence-corrected chi connectivity index (χ3v) is 3.11. The van der Waals surface area contributed by atoms with Crippen molar-refractivity contribution in [3.63, 3.8) is 0 Å². The largest absolute Gasteiger partial charge is 0.371 e. The zero-order valence-corrected chi connectivity index (χ0v) is 9.32. The molecule has 1 aromatic heterocycles. The third kappa shape index (κ3) is 2.48. The molecule has 1 atom stereocenters. The highest BCUT2D eigenvalue weighted by Crippen LogP contribution is 2.25. The predicted molar refractivity (Wildman–Crippen MR) is 63.0 cm³/mol. The van der Waals surface area contributed by atoms with Crippen LogP contribution in [0, 0.1) is 12.8 Å². The van der Waals surface area contributed by atoms with Crippen LogP contribution in [0.5, 0.6) is 0 Å². The lowest BCUT2D eigenvalue weighted by Gasteiger charge is -2.18. The Morgan fingerprint density at radius 3 is 3.20 bits per heavy atom. The van der Waals surface area contributed by atoms with Crippen molar-refractivity contribution in [3.8, 4) is 0 Å². The van der Waals surface area contributed by atoms with Gasteiger partial charge in [0.05, 0.1) is 0 Å². The number of nitrogens with two attached hydrogens (primary N) is 1. The Morgan fingerprint density at radius 1 is 1.60 bits per heavy atom. The first-order valence-electron chi connectivity index (χ1n) is 5.67. The molecule has 1 saturated heterocycles. The lowest BCUT2D eigenvalue weighted by molar-refractivity contribution is 0.546. The maximum Gasteiger partial charge on any atom is 0.0399 e. The van der Waals surface area contributed by atoms with Gasteiger partial charge in [0, 0.05) is 30.7 Å². The van der Waals surface area contributed by atoms with Crippen molar-refractivity contribution >= 4 is 5.69 Å². The lowest BCUT2D eigenvalue weighted by atomic mass is 10.1. The van der Waals surface area contributed by atoms with Crippen LogP contribution >= 0.6 is 0 Å². The molecule has 82 valence electrons. The summed E-state index contributed by atoms with van der Waals surface area (Å²) in [5, 5.41) is 0. The summed E-state index contributed by atoms with van der Waals surface area (Å²) >= 11 is 0. The Morgan fingerprint density at radius 2 is 2.47 bits per heavy atom. The Kier molecular flexibility index (Phi) is 3.21. The first-order chi connectivity index (χ1) is 7.29. The Bertz CT molecular complexity index is 324. The van der Waals surface area contributed by atoms with E-state index in [9.17, 15) is 0 Å². The third-order valence-electron chi connectivity index (χ3n) is 3.11. The van der Waals surface area contributed by atoms with Gasteiger partial charge in [-0.1, -0.05) is 0 Å². The van der Waals surface area contributed by atoms with E-state index in [0.717, 1.165) is 37.7 Å². The van der Waals surface area contributed by atoms with E-state index in [1.807, 2.05) is 13.1 Å². The summed E-state index contributed by atoms with van der Waals surface area (Å²) in [5.74, 6) is 0.781. The summed E-state index contributed by atoms with van der Waals surface area (Å²) in [5.41, 5.74) is 7.99. The minimum absolute atomic E-state index is 0.781. The van der Waals surface area contributed by atoms with Crippen molar-refractivity contribution in [1.82, 2.24) is 4.98 Å². The molecule has 2 heterocycles. The van der Waals surface area contributed by atoms with Gasteiger partial charge in [-0.15, -0.1) is 0 Å². The molecule has 1 unspecified atom stereocenters. The zero-order chi connectivity index (χ0) is 10.7. The maximum absolute atomic E-state index is 5.59. The van der Waals surface area contributed by atoms with Gasteiger partial charge in [-0.05, 0) is 44.4 Å². The number of aryl methyl sites for hydroxylation is 1. The first-order valence-corrected chi connectivity index (χ1v) is 5.67. The van der Waals surface area contributed by atoms with Gasteiger partial charge in [-0.25, -0.2) is 0 Å². The molecule has 0 aliphatic carbocycles. The molecule has 3 heteroatoms. The highest BCUT2D eigenvalue weighted by molar-refractivity contribution is 5.47. The van der Waals surface area contributed by atoms with E-state index in [0.29, 0.717) is 0 Å². The highest BCUT2D eigenvalue weighted by atomic mass is 15.2. The second-order valence-corrected chi connectivity index (χ2v) is 4.33. The fraction of sp³-hybridized carbons (Fsp3) is 0.583. The average Bonchev–Trinajstić information content (AvgIpc) is 2.67. The molecule has 0 bridgehead atoms. The van der Waals surface area contributed by atoms with Crippen LogP contribution in [0.1, 0.15) is 18.5 Å². The molecule has 0 radical (unpaired) electrons. The van der Waals surface area contributed by atoms with Gasteiger partial charge >= 0.3 is 0 Å². The summed E-state index contributed by atoms with van der Waals surface area (Å²) < 4.78 is 0. The standard InChI is InChI=1S/C12H19N3/c1-10-8-12(3-6-14-10)15-7-4-11(9-15)2-5-13/h3,6,8,11H,2,4-5,7,9,13H2,1H3. The molecule has 1 aliphatic rings. The topological polar surface area (TPSA) is 42.1 Å². The molecule has 2 N–H and O–H groups in total. The van der Waals surface area contributed by atoms with Gasteiger partial charge in [0.25, 0.3) is 0 Å². The van der Waals surface area contributed by atoms with Crippen molar-refractivity contribution in [2.45, 2.75) is 19.8 Å². The number of rotatable bonds is 3. The SMILES string of the molecule is Cc1cc(N2CCC(CCN)C2)ccn1. The summed E-state index contributed by atoms with van der Waals surface area (Å²) in [6.07, 6.45) is 4.32. The number of hydrogen-bond donors (Lipinski definition) is 1. The number of aromatic nitrogens is 1. The second kappa shape index (κ2) is 4.62. The molecule has 1 aromatic rings. The molecular formula is C12H19N3. The number of anilines is 1. The van der Waals surface area contributed by atoms with E-state index in [1.54, 1.807) is 0 Å². The Hall–Kier alpha value is -1.09. The van der Waals surface area contributed by atoms with Crippen LogP contribution in [0.2, 0.25) is 0 Å². The van der Waals surface area contributed by atoms with Gasteiger partial charge in [0.2, 0.25) is 0 Å².